The summed E-state index contributed by atoms with van der Waals surface area (Å²) >= 11 is 9.16. The van der Waals surface area contributed by atoms with E-state index in [9.17, 15) is 4.79 Å². The third-order valence-electron chi connectivity index (χ3n) is 1.96. The first-order valence-electron chi connectivity index (χ1n) is 4.15. The number of carbonyl (C=O) groups is 1. The van der Waals surface area contributed by atoms with E-state index in [2.05, 4.69) is 20.9 Å². The van der Waals surface area contributed by atoms with Gasteiger partial charge in [-0.25, -0.2) is 4.98 Å². The average Bonchev–Trinajstić information content (AvgIpc) is 2.65. The van der Waals surface area contributed by atoms with Crippen LogP contribution >= 0.6 is 27.5 Å². The van der Waals surface area contributed by atoms with Gasteiger partial charge in [0.1, 0.15) is 10.9 Å². The number of hydrogen-bond donors (Lipinski definition) is 0. The van der Waals surface area contributed by atoms with Crippen molar-refractivity contribution < 1.29 is 4.79 Å². The summed E-state index contributed by atoms with van der Waals surface area (Å²) in [6.45, 7) is 0. The summed E-state index contributed by atoms with van der Waals surface area (Å²) in [7, 11) is 0. The molecule has 0 spiro atoms. The molecule has 0 aliphatic rings. The van der Waals surface area contributed by atoms with Crippen molar-refractivity contribution in [2.45, 2.75) is 0 Å². The second-order valence-corrected chi connectivity index (χ2v) is 4.15. The molecular weight excluding hydrogens is 279 g/mol. The molecule has 2 rings (SSSR count). The highest BCUT2D eigenvalue weighted by atomic mass is 79.9. The van der Waals surface area contributed by atoms with E-state index in [1.165, 1.54) is 0 Å². The van der Waals surface area contributed by atoms with Gasteiger partial charge in [-0.15, -0.1) is 0 Å². The first-order chi connectivity index (χ1) is 7.20. The van der Waals surface area contributed by atoms with Crippen molar-refractivity contribution >= 4 is 33.8 Å². The molecule has 5 heteroatoms. The minimum Gasteiger partial charge on any atom is -0.305 e. The molecule has 0 amide bonds. The fourth-order valence-electron chi connectivity index (χ4n) is 1.21. The van der Waals surface area contributed by atoms with E-state index < -0.39 is 0 Å². The Hall–Kier alpha value is -1.13. The molecule has 2 aromatic rings. The van der Waals surface area contributed by atoms with Crippen LogP contribution in [0, 0.1) is 0 Å². The topological polar surface area (TPSA) is 34.9 Å². The van der Waals surface area contributed by atoms with E-state index in [1.807, 2.05) is 16.8 Å². The molecule has 0 saturated heterocycles. The second kappa shape index (κ2) is 4.16. The lowest BCUT2D eigenvalue weighted by atomic mass is 10.2. The molecule has 0 aliphatic heterocycles. The standard InChI is InChI=1S/C10H6BrClN2O/c11-10-4-14(6-13-10)8-2-1-7(5-15)9(12)3-8/h1-6H. The maximum absolute atomic E-state index is 10.6. The fraction of sp³-hybridized carbons (Fsp3) is 0. The van der Waals surface area contributed by atoms with Crippen molar-refractivity contribution in [3.8, 4) is 5.69 Å². The number of aromatic nitrogens is 2. The van der Waals surface area contributed by atoms with Gasteiger partial charge in [0.25, 0.3) is 0 Å². The van der Waals surface area contributed by atoms with E-state index in [0.29, 0.717) is 10.6 Å². The normalized spacial score (nSPS) is 10.3. The van der Waals surface area contributed by atoms with Crippen LogP contribution in [-0.4, -0.2) is 15.8 Å². The monoisotopic (exact) mass is 284 g/mol. The Morgan fingerprint density at radius 2 is 2.27 bits per heavy atom. The van der Waals surface area contributed by atoms with Crippen LogP contribution in [0.3, 0.4) is 0 Å². The van der Waals surface area contributed by atoms with Gasteiger partial charge in [-0.2, -0.15) is 0 Å². The first kappa shape index (κ1) is 10.4. The van der Waals surface area contributed by atoms with Gasteiger partial charge < -0.3 is 4.57 Å². The van der Waals surface area contributed by atoms with Gasteiger partial charge in [-0.05, 0) is 34.1 Å². The number of benzene rings is 1. The van der Waals surface area contributed by atoms with Gasteiger partial charge in [0.2, 0.25) is 0 Å². The molecule has 0 radical (unpaired) electrons. The lowest BCUT2D eigenvalue weighted by molar-refractivity contribution is 0.112. The second-order valence-electron chi connectivity index (χ2n) is 2.93. The molecule has 0 aliphatic carbocycles. The molecule has 0 N–H and O–H groups in total. The van der Waals surface area contributed by atoms with Gasteiger partial charge in [0.05, 0.1) is 5.02 Å². The Kier molecular flexibility index (Phi) is 2.88. The highest BCUT2D eigenvalue weighted by Gasteiger charge is 2.03. The third-order valence-corrected chi connectivity index (χ3v) is 2.70. The SMILES string of the molecule is O=Cc1ccc(-n2cnc(Br)c2)cc1Cl. The quantitative estimate of drug-likeness (QED) is 0.795. The van der Waals surface area contributed by atoms with E-state index in [4.69, 9.17) is 11.6 Å². The Bertz CT molecular complexity index is 510. The Balaban J connectivity index is 2.46. The highest BCUT2D eigenvalue weighted by Crippen LogP contribution is 2.19. The van der Waals surface area contributed by atoms with Crippen LogP contribution in [0.25, 0.3) is 5.69 Å². The van der Waals surface area contributed by atoms with Gasteiger partial charge in [-0.3, -0.25) is 4.79 Å². The highest BCUT2D eigenvalue weighted by molar-refractivity contribution is 9.10. The molecule has 0 bridgehead atoms. The molecule has 1 aromatic heterocycles. The predicted octanol–water partition coefficient (Wildman–Crippen LogP) is 3.10. The van der Waals surface area contributed by atoms with E-state index in [-0.39, 0.29) is 0 Å². The number of carbonyl (C=O) groups excluding carboxylic acids is 1. The number of imidazole rings is 1. The Labute approximate surface area is 99.8 Å². The van der Waals surface area contributed by atoms with Crippen LogP contribution in [-0.2, 0) is 0 Å². The van der Waals surface area contributed by atoms with Gasteiger partial charge in [-0.1, -0.05) is 11.6 Å². The van der Waals surface area contributed by atoms with Crippen molar-refractivity contribution in [2.75, 3.05) is 0 Å². The van der Waals surface area contributed by atoms with Crippen LogP contribution in [0.2, 0.25) is 5.02 Å². The lowest BCUT2D eigenvalue weighted by Crippen LogP contribution is -1.91. The van der Waals surface area contributed by atoms with Gasteiger partial charge >= 0.3 is 0 Å². The number of halogens is 2. The van der Waals surface area contributed by atoms with E-state index >= 15 is 0 Å². The van der Waals surface area contributed by atoms with Crippen molar-refractivity contribution in [1.82, 2.24) is 9.55 Å². The van der Waals surface area contributed by atoms with Crippen LogP contribution in [0.5, 0.6) is 0 Å². The molecule has 15 heavy (non-hydrogen) atoms. The summed E-state index contributed by atoms with van der Waals surface area (Å²) in [5.41, 5.74) is 1.35. The molecular formula is C10H6BrClN2O. The molecule has 0 saturated carbocycles. The summed E-state index contributed by atoms with van der Waals surface area (Å²) in [4.78, 5) is 14.6. The van der Waals surface area contributed by atoms with E-state index in [0.717, 1.165) is 16.6 Å². The lowest BCUT2D eigenvalue weighted by Gasteiger charge is -2.03. The summed E-state index contributed by atoms with van der Waals surface area (Å²) < 4.78 is 2.56. The Morgan fingerprint density at radius 3 is 2.80 bits per heavy atom. The van der Waals surface area contributed by atoms with Crippen molar-refractivity contribution in [3.05, 3.63) is 45.9 Å². The number of aldehydes is 1. The molecule has 1 heterocycles. The third kappa shape index (κ3) is 2.11. The number of hydrogen-bond acceptors (Lipinski definition) is 2. The predicted molar refractivity (Wildman–Crippen MR) is 61.7 cm³/mol. The summed E-state index contributed by atoms with van der Waals surface area (Å²) in [5.74, 6) is 0. The van der Waals surface area contributed by atoms with Crippen molar-refractivity contribution in [3.63, 3.8) is 0 Å². The maximum Gasteiger partial charge on any atom is 0.151 e. The molecule has 3 nitrogen and oxygen atoms in total. The molecule has 1 aromatic carbocycles. The van der Waals surface area contributed by atoms with Crippen LogP contribution in [0.15, 0.2) is 35.3 Å². The minimum atomic E-state index is 0.437. The zero-order chi connectivity index (χ0) is 10.8. The summed E-state index contributed by atoms with van der Waals surface area (Å²) in [6, 6.07) is 5.21. The maximum atomic E-state index is 10.6. The molecule has 0 unspecified atom stereocenters. The first-order valence-corrected chi connectivity index (χ1v) is 5.32. The summed E-state index contributed by atoms with van der Waals surface area (Å²) in [6.07, 6.45) is 4.21. The van der Waals surface area contributed by atoms with Crippen LogP contribution in [0.4, 0.5) is 0 Å². The zero-order valence-corrected chi connectivity index (χ0v) is 9.86. The Morgan fingerprint density at radius 1 is 1.47 bits per heavy atom. The van der Waals surface area contributed by atoms with Gasteiger partial charge in [0.15, 0.2) is 6.29 Å². The fourth-order valence-corrected chi connectivity index (χ4v) is 1.74. The molecule has 0 fully saturated rings. The average molecular weight is 286 g/mol. The number of rotatable bonds is 2. The van der Waals surface area contributed by atoms with Crippen molar-refractivity contribution in [1.29, 1.82) is 0 Å². The van der Waals surface area contributed by atoms with Crippen LogP contribution in [0.1, 0.15) is 10.4 Å². The molecule has 0 atom stereocenters. The largest absolute Gasteiger partial charge is 0.305 e. The number of nitrogens with zero attached hydrogens (tertiary/aromatic N) is 2. The zero-order valence-electron chi connectivity index (χ0n) is 7.52. The van der Waals surface area contributed by atoms with E-state index in [1.54, 1.807) is 18.5 Å². The van der Waals surface area contributed by atoms with Crippen molar-refractivity contribution in [2.24, 2.45) is 0 Å². The van der Waals surface area contributed by atoms with Gasteiger partial charge in [0, 0.05) is 17.4 Å². The minimum absolute atomic E-state index is 0.437. The summed E-state index contributed by atoms with van der Waals surface area (Å²) in [5, 5.41) is 0.437. The molecule has 76 valence electrons. The van der Waals surface area contributed by atoms with Crippen LogP contribution < -0.4 is 0 Å². The smallest absolute Gasteiger partial charge is 0.151 e.